The minimum absolute atomic E-state index is 0.101. The van der Waals surface area contributed by atoms with E-state index in [4.69, 9.17) is 5.73 Å². The molecule has 9 nitrogen and oxygen atoms in total. The molecule has 1 fully saturated rings. The van der Waals surface area contributed by atoms with Gasteiger partial charge >= 0.3 is 0 Å². The average Bonchev–Trinajstić information content (AvgIpc) is 3.30. The van der Waals surface area contributed by atoms with E-state index in [9.17, 15) is 14.0 Å². The predicted octanol–water partition coefficient (Wildman–Crippen LogP) is 1.69. The summed E-state index contributed by atoms with van der Waals surface area (Å²) in [5.74, 6) is -1.24. The zero-order chi connectivity index (χ0) is 21.8. The van der Waals surface area contributed by atoms with Crippen LogP contribution in [-0.4, -0.2) is 48.7 Å². The first kappa shape index (κ1) is 19.4. The quantitative estimate of drug-likeness (QED) is 0.461. The predicted molar refractivity (Wildman–Crippen MR) is 112 cm³/mol. The fraction of sp³-hybridized carbons (Fsp3) is 0.333. The average molecular weight is 423 g/mol. The van der Waals surface area contributed by atoms with Crippen LogP contribution in [0.15, 0.2) is 35.3 Å². The molecular weight excluding hydrogens is 401 g/mol. The topological polar surface area (TPSA) is 125 Å². The number of aromatic nitrogens is 5. The van der Waals surface area contributed by atoms with Crippen LogP contribution in [0.1, 0.15) is 41.4 Å². The zero-order valence-corrected chi connectivity index (χ0v) is 17.0. The number of hydrogen-bond acceptors (Lipinski definition) is 5. The summed E-state index contributed by atoms with van der Waals surface area (Å²) in [4.78, 5) is 30.0. The van der Waals surface area contributed by atoms with Crippen LogP contribution in [0.2, 0.25) is 0 Å². The molecule has 0 saturated carbocycles. The molecule has 1 aliphatic heterocycles. The summed E-state index contributed by atoms with van der Waals surface area (Å²) in [7, 11) is 0. The smallest absolute Gasteiger partial charge is 0.264 e. The van der Waals surface area contributed by atoms with Gasteiger partial charge in [-0.05, 0) is 38.1 Å². The van der Waals surface area contributed by atoms with Crippen LogP contribution in [-0.2, 0) is 12.0 Å². The Morgan fingerprint density at radius 2 is 2.06 bits per heavy atom. The molecule has 0 atom stereocenters. The number of rotatable bonds is 4. The van der Waals surface area contributed by atoms with E-state index in [-0.39, 0.29) is 16.5 Å². The molecule has 0 spiro atoms. The summed E-state index contributed by atoms with van der Waals surface area (Å²) < 4.78 is 15.7. The number of likely N-dealkylation sites (tertiary alicyclic amines) is 1. The second-order valence-corrected chi connectivity index (χ2v) is 8.39. The monoisotopic (exact) mass is 423 g/mol. The van der Waals surface area contributed by atoms with Crippen molar-refractivity contribution in [1.82, 2.24) is 29.7 Å². The van der Waals surface area contributed by atoms with Gasteiger partial charge in [0.25, 0.3) is 11.5 Å². The van der Waals surface area contributed by atoms with Crippen molar-refractivity contribution in [3.63, 3.8) is 0 Å². The number of imidazole rings is 1. The molecule has 0 radical (unpaired) electrons. The highest BCUT2D eigenvalue weighted by Gasteiger charge is 2.35. The van der Waals surface area contributed by atoms with E-state index in [0.717, 1.165) is 43.3 Å². The molecule has 0 unspecified atom stereocenters. The number of benzene rings is 1. The number of halogens is 1. The van der Waals surface area contributed by atoms with Gasteiger partial charge in [-0.1, -0.05) is 6.92 Å². The molecule has 31 heavy (non-hydrogen) atoms. The molecular formula is C21H22FN7O2. The first-order valence-corrected chi connectivity index (χ1v) is 10.1. The third-order valence-corrected chi connectivity index (χ3v) is 6.29. The van der Waals surface area contributed by atoms with E-state index < -0.39 is 11.7 Å². The normalized spacial score (nSPS) is 16.8. The molecule has 4 heterocycles. The van der Waals surface area contributed by atoms with Gasteiger partial charge in [-0.3, -0.25) is 19.6 Å². The fourth-order valence-corrected chi connectivity index (χ4v) is 4.47. The third-order valence-electron chi connectivity index (χ3n) is 6.29. The highest BCUT2D eigenvalue weighted by Crippen LogP contribution is 2.38. The number of primary amides is 1. The summed E-state index contributed by atoms with van der Waals surface area (Å²) in [6.07, 6.45) is 3.70. The van der Waals surface area contributed by atoms with E-state index >= 15 is 0 Å². The van der Waals surface area contributed by atoms with Gasteiger partial charge in [0.05, 0.1) is 16.8 Å². The maximum atomic E-state index is 14.0. The van der Waals surface area contributed by atoms with Crippen LogP contribution in [0.5, 0.6) is 0 Å². The molecule has 1 aliphatic rings. The fourth-order valence-electron chi connectivity index (χ4n) is 4.47. The van der Waals surface area contributed by atoms with Gasteiger partial charge in [0.1, 0.15) is 11.3 Å². The Morgan fingerprint density at radius 1 is 1.29 bits per heavy atom. The molecule has 0 bridgehead atoms. The Kier molecular flexibility index (Phi) is 4.40. The maximum Gasteiger partial charge on any atom is 0.264 e. The summed E-state index contributed by atoms with van der Waals surface area (Å²) in [5.41, 5.74) is 8.64. The Hall–Kier alpha value is -3.53. The second kappa shape index (κ2) is 7.02. The van der Waals surface area contributed by atoms with Crippen molar-refractivity contribution < 1.29 is 9.18 Å². The van der Waals surface area contributed by atoms with E-state index in [0.29, 0.717) is 23.2 Å². The van der Waals surface area contributed by atoms with Crippen molar-refractivity contribution in [1.29, 1.82) is 0 Å². The lowest BCUT2D eigenvalue weighted by molar-refractivity contribution is 0.100. The molecule has 0 aliphatic carbocycles. The minimum Gasteiger partial charge on any atom is -0.366 e. The van der Waals surface area contributed by atoms with Gasteiger partial charge in [-0.25, -0.2) is 19.0 Å². The Bertz CT molecular complexity index is 1340. The number of carbonyl (C=O) groups excluding carboxylic acids is 1. The molecule has 160 valence electrons. The highest BCUT2D eigenvalue weighted by molar-refractivity contribution is 6.05. The Labute approximate surface area is 176 Å². The standard InChI is InChI=1S/C21H22FN7O2/c1-21(4-6-28(7-5-21)11-13-2-3-17(30)27-26-13)15-10-24-29-18-14(19(23)31)8-12(22)9-16(18)25-20(15)29/h2-3,8-10,24H,4-7,11H2,1H3,(H2,23,31)(H,27,30). The molecule has 1 aromatic carbocycles. The van der Waals surface area contributed by atoms with Gasteiger partial charge in [-0.2, -0.15) is 5.10 Å². The summed E-state index contributed by atoms with van der Waals surface area (Å²) >= 11 is 0. The van der Waals surface area contributed by atoms with Crippen molar-refractivity contribution in [2.24, 2.45) is 5.73 Å². The van der Waals surface area contributed by atoms with Gasteiger partial charge in [0.2, 0.25) is 0 Å². The van der Waals surface area contributed by atoms with Crippen LogP contribution >= 0.6 is 0 Å². The van der Waals surface area contributed by atoms with Crippen LogP contribution < -0.4 is 11.3 Å². The number of nitrogens with one attached hydrogen (secondary N) is 2. The number of carbonyl (C=O) groups is 1. The first-order valence-electron chi connectivity index (χ1n) is 10.1. The number of H-pyrrole nitrogens is 2. The van der Waals surface area contributed by atoms with Crippen molar-refractivity contribution in [2.75, 3.05) is 13.1 Å². The van der Waals surface area contributed by atoms with Crippen LogP contribution in [0.4, 0.5) is 4.39 Å². The first-order chi connectivity index (χ1) is 14.8. The van der Waals surface area contributed by atoms with Crippen molar-refractivity contribution in [2.45, 2.75) is 31.7 Å². The molecule has 4 aromatic rings. The maximum absolute atomic E-state index is 14.0. The minimum atomic E-state index is -0.696. The van der Waals surface area contributed by atoms with E-state index in [2.05, 4.69) is 32.1 Å². The van der Waals surface area contributed by atoms with Crippen LogP contribution in [0.25, 0.3) is 16.7 Å². The molecule has 5 rings (SSSR count). The van der Waals surface area contributed by atoms with Gasteiger partial charge in [0.15, 0.2) is 5.65 Å². The molecule has 1 saturated heterocycles. The number of aromatic amines is 2. The molecule has 3 aromatic heterocycles. The van der Waals surface area contributed by atoms with Gasteiger partial charge in [-0.15, -0.1) is 0 Å². The Morgan fingerprint density at radius 3 is 2.74 bits per heavy atom. The third kappa shape index (κ3) is 3.28. The van der Waals surface area contributed by atoms with Crippen LogP contribution in [0, 0.1) is 5.82 Å². The van der Waals surface area contributed by atoms with E-state index in [1.165, 1.54) is 12.1 Å². The summed E-state index contributed by atoms with van der Waals surface area (Å²) in [6, 6.07) is 5.69. The lowest BCUT2D eigenvalue weighted by Gasteiger charge is -2.38. The second-order valence-electron chi connectivity index (χ2n) is 8.39. The number of piperidine rings is 1. The van der Waals surface area contributed by atoms with E-state index in [1.54, 1.807) is 10.6 Å². The summed E-state index contributed by atoms with van der Waals surface area (Å²) in [5, 5.41) is 9.73. The molecule has 1 amide bonds. The van der Waals surface area contributed by atoms with Crippen molar-refractivity contribution >= 4 is 22.6 Å². The lowest BCUT2D eigenvalue weighted by Crippen LogP contribution is -2.40. The number of nitrogens with zero attached hydrogens (tertiary/aromatic N) is 4. The summed E-state index contributed by atoms with van der Waals surface area (Å²) in [6.45, 7) is 4.58. The van der Waals surface area contributed by atoms with Gasteiger partial charge in [0, 0.05) is 35.9 Å². The zero-order valence-electron chi connectivity index (χ0n) is 17.0. The number of fused-ring (bicyclic) bond motifs is 3. The van der Waals surface area contributed by atoms with Crippen LogP contribution in [0.3, 0.4) is 0 Å². The van der Waals surface area contributed by atoms with Crippen molar-refractivity contribution in [3.8, 4) is 0 Å². The number of amides is 1. The SMILES string of the molecule is CC1(c2c[nH]n3c2nc2cc(F)cc(C(N)=O)c23)CCN(Cc2ccc(=O)[nH]n2)CC1. The van der Waals surface area contributed by atoms with Gasteiger partial charge < -0.3 is 5.73 Å². The molecule has 10 heteroatoms. The Balaban J connectivity index is 1.44. The molecule has 4 N–H and O–H groups in total. The highest BCUT2D eigenvalue weighted by atomic mass is 19.1. The largest absolute Gasteiger partial charge is 0.366 e. The van der Waals surface area contributed by atoms with Crippen molar-refractivity contribution in [3.05, 3.63) is 63.5 Å². The van der Waals surface area contributed by atoms with E-state index in [1.807, 2.05) is 6.20 Å². The number of nitrogens with two attached hydrogens (primary N) is 1. The number of hydrogen-bond donors (Lipinski definition) is 3. The lowest BCUT2D eigenvalue weighted by atomic mass is 9.75.